The summed E-state index contributed by atoms with van der Waals surface area (Å²) in [7, 11) is 1.41. The van der Waals surface area contributed by atoms with Crippen molar-refractivity contribution in [1.82, 2.24) is 45.4 Å². The number of carbonyl (C=O) groups excluding carboxylic acids is 1. The molecule has 0 bridgehead atoms. The first kappa shape index (κ1) is 20.9. The summed E-state index contributed by atoms with van der Waals surface area (Å²) in [4.78, 5) is 25.4. The minimum atomic E-state index is -1.43. The van der Waals surface area contributed by atoms with Gasteiger partial charge in [0.1, 0.15) is 17.9 Å². The highest BCUT2D eigenvalue weighted by Gasteiger charge is 2.47. The highest BCUT2D eigenvalue weighted by molar-refractivity contribution is 5.85. The molecule has 172 valence electrons. The normalized spacial score (nSPS) is 22.7. The monoisotopic (exact) mass is 456 g/mol. The standard InChI is InChI=1S/C18H20N10O5/c1-7-3-8(33-26-7)4-20-15-10-16(24-14(23-15)9-5-22-27-25-9)28(6-21-10)18-12(30)11(29)13(32-18)17(31)19-2/h3,5-6,11-13,18,29-30H,4H2,1-2H3,(H,19,31)(H,20,23,24)(H,22,25,27)/t11-,12+,13-,18?/m0/s1. The number of nitrogens with one attached hydrogen (secondary N) is 3. The predicted octanol–water partition coefficient (Wildman–Crippen LogP) is -1.11. The van der Waals surface area contributed by atoms with Crippen molar-refractivity contribution in [3.63, 3.8) is 0 Å². The van der Waals surface area contributed by atoms with Crippen LogP contribution in [0, 0.1) is 6.92 Å². The van der Waals surface area contributed by atoms with Gasteiger partial charge in [0.05, 0.1) is 24.8 Å². The maximum absolute atomic E-state index is 12.0. The number of carbonyl (C=O) groups is 1. The van der Waals surface area contributed by atoms with Gasteiger partial charge in [0.2, 0.25) is 0 Å². The van der Waals surface area contributed by atoms with Crippen LogP contribution in [0.2, 0.25) is 0 Å². The summed E-state index contributed by atoms with van der Waals surface area (Å²) >= 11 is 0. The zero-order valence-electron chi connectivity index (χ0n) is 17.5. The summed E-state index contributed by atoms with van der Waals surface area (Å²) in [5.74, 6) is 0.621. The Hall–Kier alpha value is -3.95. The highest BCUT2D eigenvalue weighted by Crippen LogP contribution is 2.33. The van der Waals surface area contributed by atoms with Crippen LogP contribution in [-0.4, -0.2) is 81.6 Å². The van der Waals surface area contributed by atoms with E-state index in [1.165, 1.54) is 24.1 Å². The van der Waals surface area contributed by atoms with Crippen molar-refractivity contribution in [3.05, 3.63) is 30.0 Å². The van der Waals surface area contributed by atoms with Crippen molar-refractivity contribution in [3.8, 4) is 11.5 Å². The number of H-pyrrole nitrogens is 1. The molecule has 1 aliphatic rings. The number of ether oxygens (including phenoxy) is 1. The fraction of sp³-hybridized carbons (Fsp3) is 0.389. The summed E-state index contributed by atoms with van der Waals surface area (Å²) in [6.45, 7) is 2.09. The van der Waals surface area contributed by atoms with Crippen molar-refractivity contribution in [2.45, 2.75) is 38.0 Å². The molecule has 4 atom stereocenters. The van der Waals surface area contributed by atoms with Gasteiger partial charge in [0, 0.05) is 13.1 Å². The van der Waals surface area contributed by atoms with Crippen LogP contribution >= 0.6 is 0 Å². The van der Waals surface area contributed by atoms with E-state index in [2.05, 4.69) is 46.2 Å². The second-order valence-corrected chi connectivity index (χ2v) is 7.41. The molecule has 33 heavy (non-hydrogen) atoms. The molecule has 1 aliphatic heterocycles. The summed E-state index contributed by atoms with van der Waals surface area (Å²) in [6.07, 6.45) is -2.28. The lowest BCUT2D eigenvalue weighted by Crippen LogP contribution is -2.41. The minimum absolute atomic E-state index is 0.227. The van der Waals surface area contributed by atoms with Crippen molar-refractivity contribution >= 4 is 22.9 Å². The molecule has 5 rings (SSSR count). The maximum Gasteiger partial charge on any atom is 0.251 e. The molecule has 0 radical (unpaired) electrons. The average Bonchev–Trinajstić information content (AvgIpc) is 3.60. The molecule has 1 amide bonds. The molecular weight excluding hydrogens is 436 g/mol. The lowest BCUT2D eigenvalue weighted by molar-refractivity contribution is -0.137. The van der Waals surface area contributed by atoms with E-state index >= 15 is 0 Å². The van der Waals surface area contributed by atoms with E-state index < -0.39 is 30.4 Å². The second-order valence-electron chi connectivity index (χ2n) is 7.41. The number of aromatic nitrogens is 8. The van der Waals surface area contributed by atoms with Gasteiger partial charge in [-0.25, -0.2) is 15.0 Å². The first-order chi connectivity index (χ1) is 16.0. The SMILES string of the molecule is CNC(=O)[C@H]1OC(n2cnc3c(NCc4cc(C)no4)nc(-c4c[nH]nn4)nc32)[C@H](O)[C@@H]1O. The second kappa shape index (κ2) is 8.19. The molecule has 4 aromatic rings. The number of hydrogen-bond acceptors (Lipinski definition) is 12. The minimum Gasteiger partial charge on any atom is -0.387 e. The van der Waals surface area contributed by atoms with Gasteiger partial charge in [-0.2, -0.15) is 0 Å². The van der Waals surface area contributed by atoms with Gasteiger partial charge in [-0.15, -0.1) is 5.10 Å². The van der Waals surface area contributed by atoms with E-state index in [-0.39, 0.29) is 18.0 Å². The lowest BCUT2D eigenvalue weighted by Gasteiger charge is -2.16. The van der Waals surface area contributed by atoms with E-state index in [0.717, 1.165) is 5.69 Å². The van der Waals surface area contributed by atoms with E-state index in [1.807, 2.05) is 6.92 Å². The third kappa shape index (κ3) is 3.67. The van der Waals surface area contributed by atoms with Crippen LogP contribution in [-0.2, 0) is 16.1 Å². The van der Waals surface area contributed by atoms with Crippen LogP contribution in [0.15, 0.2) is 23.1 Å². The van der Waals surface area contributed by atoms with E-state index in [0.29, 0.717) is 22.8 Å². The summed E-state index contributed by atoms with van der Waals surface area (Å²) in [5.41, 5.74) is 1.77. The Bertz CT molecular complexity index is 1290. The van der Waals surface area contributed by atoms with Crippen molar-refractivity contribution in [2.24, 2.45) is 0 Å². The molecule has 4 aromatic heterocycles. The number of nitrogens with zero attached hydrogens (tertiary/aromatic N) is 7. The number of aliphatic hydroxyl groups excluding tert-OH is 2. The topological polar surface area (TPSA) is 202 Å². The number of amides is 1. The van der Waals surface area contributed by atoms with Crippen molar-refractivity contribution in [2.75, 3.05) is 12.4 Å². The van der Waals surface area contributed by atoms with Crippen molar-refractivity contribution < 1.29 is 24.3 Å². The van der Waals surface area contributed by atoms with Gasteiger partial charge < -0.3 is 30.1 Å². The van der Waals surface area contributed by atoms with E-state index in [1.54, 1.807) is 6.07 Å². The molecule has 15 nitrogen and oxygen atoms in total. The number of anilines is 1. The Labute approximate surface area is 185 Å². The van der Waals surface area contributed by atoms with Crippen LogP contribution < -0.4 is 10.6 Å². The van der Waals surface area contributed by atoms with Gasteiger partial charge >= 0.3 is 0 Å². The van der Waals surface area contributed by atoms with Crippen LogP contribution in [0.4, 0.5) is 5.82 Å². The van der Waals surface area contributed by atoms with Gasteiger partial charge in [-0.05, 0) is 6.92 Å². The zero-order chi connectivity index (χ0) is 23.1. The van der Waals surface area contributed by atoms with Gasteiger partial charge in [0.25, 0.3) is 5.91 Å². The van der Waals surface area contributed by atoms with Crippen LogP contribution in [0.3, 0.4) is 0 Å². The first-order valence-corrected chi connectivity index (χ1v) is 9.97. The van der Waals surface area contributed by atoms with Crippen LogP contribution in [0.1, 0.15) is 17.7 Å². The van der Waals surface area contributed by atoms with E-state index in [9.17, 15) is 15.0 Å². The number of aromatic amines is 1. The van der Waals surface area contributed by atoms with E-state index in [4.69, 9.17) is 9.26 Å². The summed E-state index contributed by atoms with van der Waals surface area (Å²) < 4.78 is 12.3. The largest absolute Gasteiger partial charge is 0.387 e. The van der Waals surface area contributed by atoms with Gasteiger partial charge in [0.15, 0.2) is 40.9 Å². The fourth-order valence-corrected chi connectivity index (χ4v) is 3.57. The van der Waals surface area contributed by atoms with Crippen LogP contribution in [0.25, 0.3) is 22.7 Å². The average molecular weight is 456 g/mol. The van der Waals surface area contributed by atoms with Gasteiger partial charge in [-0.3, -0.25) is 14.5 Å². The lowest BCUT2D eigenvalue weighted by atomic mass is 10.1. The molecule has 1 saturated heterocycles. The number of likely N-dealkylation sites (N-methyl/N-ethyl adjacent to an activating group) is 1. The highest BCUT2D eigenvalue weighted by atomic mass is 16.6. The van der Waals surface area contributed by atoms with Crippen LogP contribution in [0.5, 0.6) is 0 Å². The number of imidazole rings is 1. The third-order valence-corrected chi connectivity index (χ3v) is 5.19. The number of aliphatic hydroxyl groups is 2. The molecular formula is C18H20N10O5. The molecule has 0 aromatic carbocycles. The molecule has 1 fully saturated rings. The molecule has 0 saturated carbocycles. The molecule has 5 N–H and O–H groups in total. The Morgan fingerprint density at radius 2 is 2.15 bits per heavy atom. The Balaban J connectivity index is 1.55. The Morgan fingerprint density at radius 3 is 2.85 bits per heavy atom. The quantitative estimate of drug-likeness (QED) is 0.234. The molecule has 0 spiro atoms. The zero-order valence-corrected chi connectivity index (χ0v) is 17.5. The first-order valence-electron chi connectivity index (χ1n) is 9.97. The Kier molecular flexibility index (Phi) is 5.20. The predicted molar refractivity (Wildman–Crippen MR) is 109 cm³/mol. The smallest absolute Gasteiger partial charge is 0.251 e. The number of aryl methyl sites for hydroxylation is 1. The third-order valence-electron chi connectivity index (χ3n) is 5.19. The molecule has 5 heterocycles. The van der Waals surface area contributed by atoms with Gasteiger partial charge in [-0.1, -0.05) is 10.4 Å². The number of rotatable bonds is 6. The summed E-state index contributed by atoms with van der Waals surface area (Å²) in [6, 6.07) is 1.78. The maximum atomic E-state index is 12.0. The van der Waals surface area contributed by atoms with Crippen molar-refractivity contribution in [1.29, 1.82) is 0 Å². The molecule has 15 heteroatoms. The number of fused-ring (bicyclic) bond motifs is 1. The fourth-order valence-electron chi connectivity index (χ4n) is 3.57. The number of hydrogen-bond donors (Lipinski definition) is 5. The summed E-state index contributed by atoms with van der Waals surface area (Å²) in [5, 5.41) is 40.5. The Morgan fingerprint density at radius 1 is 1.30 bits per heavy atom. The molecule has 0 aliphatic carbocycles. The molecule has 1 unspecified atom stereocenters.